The minimum absolute atomic E-state index is 0.416. The fourth-order valence-corrected chi connectivity index (χ4v) is 6.19. The van der Waals surface area contributed by atoms with Crippen LogP contribution in [0.15, 0.2) is 31.8 Å². The van der Waals surface area contributed by atoms with E-state index in [-0.39, 0.29) is 0 Å². The van der Waals surface area contributed by atoms with Gasteiger partial charge in [0.05, 0.1) is 31.6 Å². The normalized spacial score (nSPS) is 10.2. The van der Waals surface area contributed by atoms with Crippen molar-refractivity contribution in [3.63, 3.8) is 0 Å². The summed E-state index contributed by atoms with van der Waals surface area (Å²) in [4.78, 5) is 55.7. The van der Waals surface area contributed by atoms with Crippen molar-refractivity contribution >= 4 is 110 Å². The fourth-order valence-electron chi connectivity index (χ4n) is 2.79. The predicted molar refractivity (Wildman–Crippen MR) is 164 cm³/mol. The third kappa shape index (κ3) is 8.67. The third-order valence-corrected chi connectivity index (χ3v) is 8.82. The number of thiophene rings is 2. The zero-order valence-corrected chi connectivity index (χ0v) is 27.3. The van der Waals surface area contributed by atoms with Crippen molar-refractivity contribution in [1.29, 1.82) is 0 Å². The van der Waals surface area contributed by atoms with Crippen LogP contribution in [-0.4, -0.2) is 71.2 Å². The number of imide groups is 1. The van der Waals surface area contributed by atoms with Crippen molar-refractivity contribution in [1.82, 2.24) is 25.1 Å². The minimum Gasteiger partial charge on any atom is -0.366 e. The van der Waals surface area contributed by atoms with Gasteiger partial charge < -0.3 is 15.5 Å². The highest BCUT2D eigenvalue weighted by Crippen LogP contribution is 2.32. The van der Waals surface area contributed by atoms with Gasteiger partial charge in [0.1, 0.15) is 0 Å². The second kappa shape index (κ2) is 14.1. The Morgan fingerprint density at radius 3 is 1.64 bits per heavy atom. The van der Waals surface area contributed by atoms with Crippen LogP contribution in [0.3, 0.4) is 0 Å². The van der Waals surface area contributed by atoms with Gasteiger partial charge in [0.25, 0.3) is 11.8 Å². The highest BCUT2D eigenvalue weighted by Gasteiger charge is 2.18. The molecule has 4 aromatic rings. The average Bonchev–Trinajstić information content (AvgIpc) is 3.44. The Bertz CT molecular complexity index is 1550. The summed E-state index contributed by atoms with van der Waals surface area (Å²) in [5.41, 5.74) is 9.13. The molecule has 0 fully saturated rings. The topological polar surface area (TPSA) is 139 Å². The quantitative estimate of drug-likeness (QED) is 0.188. The molecular weight excluding hydrogens is 696 g/mol. The van der Waals surface area contributed by atoms with E-state index in [1.807, 2.05) is 26.0 Å². The second-order valence-electron chi connectivity index (χ2n) is 8.31. The number of amides is 5. The molecule has 0 bridgehead atoms. The lowest BCUT2D eigenvalue weighted by Crippen LogP contribution is -2.38. The first kappa shape index (κ1) is 32.6. The lowest BCUT2D eigenvalue weighted by atomic mass is 10.2. The largest absolute Gasteiger partial charge is 0.366 e. The van der Waals surface area contributed by atoms with Crippen LogP contribution in [0, 0.1) is 13.8 Å². The van der Waals surface area contributed by atoms with E-state index in [1.165, 1.54) is 32.5 Å². The van der Waals surface area contributed by atoms with Crippen LogP contribution in [0.4, 0.5) is 9.59 Å². The Morgan fingerprint density at radius 2 is 1.26 bits per heavy atom. The Balaban J connectivity index is 0.000000234. The van der Waals surface area contributed by atoms with E-state index < -0.39 is 23.2 Å². The molecule has 15 heteroatoms. The van der Waals surface area contributed by atoms with E-state index in [0.29, 0.717) is 22.2 Å². The molecule has 4 aromatic heterocycles. The maximum atomic E-state index is 12.0. The van der Waals surface area contributed by atoms with Crippen molar-refractivity contribution < 1.29 is 19.2 Å². The van der Waals surface area contributed by atoms with E-state index in [9.17, 15) is 19.2 Å². The fraction of sp³-hybridized carbons (Fsp3) is 0.250. The van der Waals surface area contributed by atoms with E-state index in [0.717, 1.165) is 29.7 Å². The summed E-state index contributed by atoms with van der Waals surface area (Å²) in [7, 11) is 6.34. The summed E-state index contributed by atoms with van der Waals surface area (Å²) in [6.07, 6.45) is 0. The third-order valence-electron chi connectivity index (χ3n) is 4.70. The standard InChI is InChI=1S/C12H12BrN3O2S.C9H7BrN2OS.C3H6ClNO/c1-6-4-8(13)10-9(14-6)7(5-19-10)11(17)15-12(18)16(2)3;1-4-2-6(10)8-7(12-4)5(3-14-8)9(11)13;1-5(2)3(4)6/h4-5H,1-3H3,(H,15,17,18);2-3H,1H3,(H2,11,13);1-2H3. The molecule has 0 aliphatic heterocycles. The number of halogens is 3. The second-order valence-corrected chi connectivity index (χ2v) is 12.1. The molecule has 0 atom stereocenters. The smallest absolute Gasteiger partial charge is 0.323 e. The molecule has 208 valence electrons. The molecule has 0 spiro atoms. The molecule has 4 rings (SSSR count). The summed E-state index contributed by atoms with van der Waals surface area (Å²) in [6.45, 7) is 3.74. The molecule has 4 heterocycles. The van der Waals surface area contributed by atoms with E-state index in [4.69, 9.17) is 17.3 Å². The molecule has 0 aliphatic rings. The number of pyridine rings is 2. The summed E-state index contributed by atoms with van der Waals surface area (Å²) in [5.74, 6) is -0.865. The number of aromatic nitrogens is 2. The van der Waals surface area contributed by atoms with Crippen molar-refractivity contribution in [3.8, 4) is 0 Å². The van der Waals surface area contributed by atoms with Crippen LogP contribution in [0.5, 0.6) is 0 Å². The highest BCUT2D eigenvalue weighted by molar-refractivity contribution is 9.11. The molecule has 0 aliphatic carbocycles. The molecule has 0 saturated heterocycles. The first-order valence-electron chi connectivity index (χ1n) is 10.9. The first-order valence-corrected chi connectivity index (χ1v) is 14.6. The zero-order chi connectivity index (χ0) is 29.6. The number of aryl methyl sites for hydroxylation is 2. The Hall–Kier alpha value is -2.65. The van der Waals surface area contributed by atoms with E-state index in [2.05, 4.69) is 47.1 Å². The Kier molecular flexibility index (Phi) is 11.8. The summed E-state index contributed by atoms with van der Waals surface area (Å²) in [6, 6.07) is 3.37. The Labute approximate surface area is 254 Å². The molecule has 0 radical (unpaired) electrons. The molecule has 39 heavy (non-hydrogen) atoms. The Morgan fingerprint density at radius 1 is 0.846 bits per heavy atom. The highest BCUT2D eigenvalue weighted by atomic mass is 79.9. The molecule has 0 unspecified atom stereocenters. The van der Waals surface area contributed by atoms with Crippen molar-refractivity contribution in [3.05, 3.63) is 54.4 Å². The van der Waals surface area contributed by atoms with Crippen LogP contribution in [0.2, 0.25) is 0 Å². The maximum absolute atomic E-state index is 12.0. The van der Waals surface area contributed by atoms with Gasteiger partial charge in [-0.25, -0.2) is 4.79 Å². The van der Waals surface area contributed by atoms with Crippen LogP contribution in [0.25, 0.3) is 20.4 Å². The van der Waals surface area contributed by atoms with E-state index >= 15 is 0 Å². The lowest BCUT2D eigenvalue weighted by Gasteiger charge is -2.10. The van der Waals surface area contributed by atoms with Gasteiger partial charge in [-0.1, -0.05) is 0 Å². The van der Waals surface area contributed by atoms with Gasteiger partial charge in [0.2, 0.25) is 0 Å². The number of nitrogens with zero attached hydrogens (tertiary/aromatic N) is 4. The average molecular weight is 721 g/mol. The molecule has 10 nitrogen and oxygen atoms in total. The van der Waals surface area contributed by atoms with Gasteiger partial charge in [-0.05, 0) is 69.4 Å². The van der Waals surface area contributed by atoms with Crippen LogP contribution < -0.4 is 11.1 Å². The number of carbonyl (C=O) groups is 4. The van der Waals surface area contributed by atoms with Crippen LogP contribution >= 0.6 is 66.1 Å². The minimum atomic E-state index is -0.448. The number of nitrogens with two attached hydrogens (primary N) is 1. The number of urea groups is 1. The van der Waals surface area contributed by atoms with Crippen LogP contribution in [-0.2, 0) is 0 Å². The van der Waals surface area contributed by atoms with Gasteiger partial charge >= 0.3 is 11.4 Å². The summed E-state index contributed by atoms with van der Waals surface area (Å²) < 4.78 is 3.72. The van der Waals surface area contributed by atoms with Gasteiger partial charge in [-0.15, -0.1) is 22.7 Å². The number of fused-ring (bicyclic) bond motifs is 2. The van der Waals surface area contributed by atoms with Gasteiger partial charge in [-0.3, -0.25) is 29.7 Å². The summed E-state index contributed by atoms with van der Waals surface area (Å²) >= 11 is 14.7. The maximum Gasteiger partial charge on any atom is 0.323 e. The zero-order valence-electron chi connectivity index (χ0n) is 21.8. The van der Waals surface area contributed by atoms with E-state index in [1.54, 1.807) is 39.0 Å². The lowest BCUT2D eigenvalue weighted by molar-refractivity contribution is 0.0956. The molecule has 3 N–H and O–H groups in total. The van der Waals surface area contributed by atoms with Crippen molar-refractivity contribution in [2.75, 3.05) is 28.2 Å². The molecular formula is C24H25Br2ClN6O4S2. The van der Waals surface area contributed by atoms with Gasteiger partial charge in [0.15, 0.2) is 0 Å². The predicted octanol–water partition coefficient (Wildman–Crippen LogP) is 6.15. The number of rotatable bonds is 2. The van der Waals surface area contributed by atoms with Gasteiger partial charge in [0, 0.05) is 59.3 Å². The number of hydrogen-bond acceptors (Lipinski definition) is 8. The molecule has 0 aromatic carbocycles. The number of nitrogens with one attached hydrogen (secondary N) is 1. The van der Waals surface area contributed by atoms with Crippen molar-refractivity contribution in [2.45, 2.75) is 13.8 Å². The van der Waals surface area contributed by atoms with Crippen LogP contribution in [0.1, 0.15) is 32.1 Å². The monoisotopic (exact) mass is 718 g/mol. The SMILES string of the molecule is CN(C)C(=O)Cl.Cc1cc(Br)c2scc(C(=O)NC(=O)N(C)C)c2n1.Cc1cc(Br)c2scc(C(N)=O)c2n1. The number of carbonyl (C=O) groups excluding carboxylic acids is 4. The molecule has 0 saturated carbocycles. The van der Waals surface area contributed by atoms with Crippen molar-refractivity contribution in [2.24, 2.45) is 5.73 Å². The molecule has 5 amide bonds. The first-order chi connectivity index (χ1) is 18.1. The number of primary amides is 1. The summed E-state index contributed by atoms with van der Waals surface area (Å²) in [5, 5.41) is 5.33. The number of hydrogen-bond donors (Lipinski definition) is 2. The van der Waals surface area contributed by atoms with Gasteiger partial charge in [-0.2, -0.15) is 0 Å².